The molecule has 1 atom stereocenters. The van der Waals surface area contributed by atoms with E-state index in [0.29, 0.717) is 11.6 Å². The molecule has 0 saturated carbocycles. The topological polar surface area (TPSA) is 15.3 Å². The monoisotopic (exact) mass is 288 g/mol. The lowest BCUT2D eigenvalue weighted by molar-refractivity contribution is 0.0743. The highest BCUT2D eigenvalue weighted by atomic mass is 15.2. The van der Waals surface area contributed by atoms with E-state index in [1.807, 2.05) is 0 Å². The summed E-state index contributed by atoms with van der Waals surface area (Å²) < 4.78 is 0. The highest BCUT2D eigenvalue weighted by Crippen LogP contribution is 2.26. The summed E-state index contributed by atoms with van der Waals surface area (Å²) >= 11 is 0. The lowest BCUT2D eigenvalue weighted by Gasteiger charge is -2.47. The molecular weight excluding hydrogens is 256 g/mol. The van der Waals surface area contributed by atoms with Crippen molar-refractivity contribution in [2.75, 3.05) is 13.1 Å². The van der Waals surface area contributed by atoms with Crippen LogP contribution in [0.25, 0.3) is 0 Å². The second-order valence-corrected chi connectivity index (χ2v) is 7.00. The molecule has 0 aromatic heterocycles. The molecule has 1 aliphatic rings. The van der Waals surface area contributed by atoms with Gasteiger partial charge in [0.1, 0.15) is 0 Å². The van der Waals surface area contributed by atoms with Crippen LogP contribution in [0.1, 0.15) is 55.9 Å². The Kier molecular flexibility index (Phi) is 5.11. The minimum Gasteiger partial charge on any atom is -0.308 e. The summed E-state index contributed by atoms with van der Waals surface area (Å²) in [6.07, 6.45) is 2.41. The van der Waals surface area contributed by atoms with Crippen LogP contribution in [0.15, 0.2) is 12.1 Å². The number of hydrogen-bond acceptors (Lipinski definition) is 2. The molecular formula is C19H32N2. The molecule has 1 aromatic carbocycles. The number of piperazine rings is 1. The van der Waals surface area contributed by atoms with Gasteiger partial charge in [-0.15, -0.1) is 0 Å². The summed E-state index contributed by atoms with van der Waals surface area (Å²) in [5, 5.41) is 3.79. The van der Waals surface area contributed by atoms with E-state index in [9.17, 15) is 0 Å². The van der Waals surface area contributed by atoms with Gasteiger partial charge in [-0.2, -0.15) is 0 Å². The van der Waals surface area contributed by atoms with E-state index < -0.39 is 0 Å². The highest BCUT2D eigenvalue weighted by molar-refractivity contribution is 5.37. The molecule has 1 heterocycles. The molecule has 2 rings (SSSR count). The van der Waals surface area contributed by atoms with Crippen molar-refractivity contribution < 1.29 is 0 Å². The smallest absolute Gasteiger partial charge is 0.0304 e. The Balaban J connectivity index is 2.21. The van der Waals surface area contributed by atoms with Crippen molar-refractivity contribution in [3.8, 4) is 0 Å². The predicted molar refractivity (Wildman–Crippen MR) is 91.8 cm³/mol. The standard InChI is InChI=1S/C19H32N2/c1-7-19(8-2)13-21(17(6)11-20-19)12-18-15(4)9-14(3)10-16(18)5/h9-10,17,20H,7-8,11-13H2,1-6H3. The van der Waals surface area contributed by atoms with Crippen LogP contribution in [-0.2, 0) is 6.54 Å². The van der Waals surface area contributed by atoms with Gasteiger partial charge in [0.05, 0.1) is 0 Å². The highest BCUT2D eigenvalue weighted by Gasteiger charge is 2.35. The second kappa shape index (κ2) is 6.50. The van der Waals surface area contributed by atoms with Crippen molar-refractivity contribution in [1.82, 2.24) is 10.2 Å². The fourth-order valence-corrected chi connectivity index (χ4v) is 3.69. The lowest BCUT2D eigenvalue weighted by Crippen LogP contribution is -2.62. The van der Waals surface area contributed by atoms with Crippen molar-refractivity contribution in [1.29, 1.82) is 0 Å². The number of rotatable bonds is 4. The van der Waals surface area contributed by atoms with Crippen LogP contribution >= 0.6 is 0 Å². The Labute approximate surface area is 130 Å². The molecule has 118 valence electrons. The lowest BCUT2D eigenvalue weighted by atomic mass is 9.88. The fourth-order valence-electron chi connectivity index (χ4n) is 3.69. The summed E-state index contributed by atoms with van der Waals surface area (Å²) in [5.41, 5.74) is 6.08. The van der Waals surface area contributed by atoms with Gasteiger partial charge in [-0.1, -0.05) is 31.5 Å². The predicted octanol–water partition coefficient (Wildman–Crippen LogP) is 3.96. The van der Waals surface area contributed by atoms with Gasteiger partial charge < -0.3 is 5.32 Å². The summed E-state index contributed by atoms with van der Waals surface area (Å²) in [6.45, 7) is 17.0. The molecule has 2 heteroatoms. The van der Waals surface area contributed by atoms with Crippen LogP contribution in [0, 0.1) is 20.8 Å². The van der Waals surface area contributed by atoms with E-state index in [1.165, 1.54) is 35.1 Å². The first-order valence-corrected chi connectivity index (χ1v) is 8.46. The zero-order chi connectivity index (χ0) is 15.6. The average molecular weight is 288 g/mol. The average Bonchev–Trinajstić information content (AvgIpc) is 2.45. The summed E-state index contributed by atoms with van der Waals surface area (Å²) in [6, 6.07) is 5.25. The van der Waals surface area contributed by atoms with Crippen LogP contribution in [0.4, 0.5) is 0 Å². The molecule has 0 amide bonds. The summed E-state index contributed by atoms with van der Waals surface area (Å²) in [5.74, 6) is 0. The van der Waals surface area contributed by atoms with E-state index in [2.05, 4.69) is 63.9 Å². The zero-order valence-corrected chi connectivity index (χ0v) is 14.7. The SMILES string of the molecule is CCC1(CC)CN(Cc2c(C)cc(C)cc2C)C(C)CN1. The van der Waals surface area contributed by atoms with Crippen molar-refractivity contribution in [3.63, 3.8) is 0 Å². The van der Waals surface area contributed by atoms with Crippen LogP contribution in [-0.4, -0.2) is 29.6 Å². The van der Waals surface area contributed by atoms with E-state index >= 15 is 0 Å². The minimum atomic E-state index is 0.305. The third-order valence-corrected chi connectivity index (χ3v) is 5.46. The molecule has 1 saturated heterocycles. The molecule has 1 fully saturated rings. The Morgan fingerprint density at radius 1 is 1.14 bits per heavy atom. The molecule has 1 aliphatic heterocycles. The van der Waals surface area contributed by atoms with E-state index in [4.69, 9.17) is 0 Å². The number of aryl methyl sites for hydroxylation is 3. The van der Waals surface area contributed by atoms with Crippen LogP contribution in [0.3, 0.4) is 0 Å². The molecule has 0 bridgehead atoms. The van der Waals surface area contributed by atoms with Gasteiger partial charge in [0.15, 0.2) is 0 Å². The molecule has 0 aliphatic carbocycles. The van der Waals surface area contributed by atoms with Crippen molar-refractivity contribution in [3.05, 3.63) is 34.4 Å². The second-order valence-electron chi connectivity index (χ2n) is 7.00. The fraction of sp³-hybridized carbons (Fsp3) is 0.684. The molecule has 21 heavy (non-hydrogen) atoms. The molecule has 2 nitrogen and oxygen atoms in total. The molecule has 1 N–H and O–H groups in total. The van der Waals surface area contributed by atoms with Gasteiger partial charge >= 0.3 is 0 Å². The van der Waals surface area contributed by atoms with Gasteiger partial charge in [-0.25, -0.2) is 0 Å². The maximum Gasteiger partial charge on any atom is 0.0304 e. The Morgan fingerprint density at radius 3 is 2.24 bits per heavy atom. The molecule has 1 unspecified atom stereocenters. The largest absolute Gasteiger partial charge is 0.308 e. The Bertz CT molecular complexity index is 465. The first kappa shape index (κ1) is 16.5. The minimum absolute atomic E-state index is 0.305. The van der Waals surface area contributed by atoms with Gasteiger partial charge in [0.25, 0.3) is 0 Å². The summed E-state index contributed by atoms with van der Waals surface area (Å²) in [4.78, 5) is 2.67. The molecule has 0 spiro atoms. The first-order chi connectivity index (χ1) is 9.90. The van der Waals surface area contributed by atoms with Gasteiger partial charge in [-0.3, -0.25) is 4.90 Å². The van der Waals surface area contributed by atoms with E-state index in [1.54, 1.807) is 0 Å². The third-order valence-electron chi connectivity index (χ3n) is 5.46. The van der Waals surface area contributed by atoms with Gasteiger partial charge in [-0.05, 0) is 57.2 Å². The number of hydrogen-bond donors (Lipinski definition) is 1. The van der Waals surface area contributed by atoms with E-state index in [-0.39, 0.29) is 0 Å². The number of benzene rings is 1. The first-order valence-electron chi connectivity index (χ1n) is 8.46. The van der Waals surface area contributed by atoms with Crippen LogP contribution in [0.2, 0.25) is 0 Å². The maximum atomic E-state index is 3.79. The van der Waals surface area contributed by atoms with Gasteiger partial charge in [0, 0.05) is 31.2 Å². The van der Waals surface area contributed by atoms with Crippen molar-refractivity contribution in [2.24, 2.45) is 0 Å². The Morgan fingerprint density at radius 2 is 1.71 bits per heavy atom. The third kappa shape index (κ3) is 3.49. The number of nitrogens with one attached hydrogen (secondary N) is 1. The molecule has 0 radical (unpaired) electrons. The zero-order valence-electron chi connectivity index (χ0n) is 14.7. The Hall–Kier alpha value is -0.860. The van der Waals surface area contributed by atoms with E-state index in [0.717, 1.165) is 19.6 Å². The normalized spacial score (nSPS) is 22.5. The maximum absolute atomic E-state index is 3.79. The van der Waals surface area contributed by atoms with Crippen molar-refractivity contribution in [2.45, 2.75) is 72.5 Å². The number of nitrogens with zero attached hydrogens (tertiary/aromatic N) is 1. The van der Waals surface area contributed by atoms with Crippen LogP contribution < -0.4 is 5.32 Å². The quantitative estimate of drug-likeness (QED) is 0.902. The molecule has 1 aromatic rings. The van der Waals surface area contributed by atoms with Crippen molar-refractivity contribution >= 4 is 0 Å². The van der Waals surface area contributed by atoms with Crippen LogP contribution in [0.5, 0.6) is 0 Å². The summed E-state index contributed by atoms with van der Waals surface area (Å²) in [7, 11) is 0. The van der Waals surface area contributed by atoms with Gasteiger partial charge in [0.2, 0.25) is 0 Å².